The van der Waals surface area contributed by atoms with Crippen LogP contribution in [0.2, 0.25) is 0 Å². The van der Waals surface area contributed by atoms with Crippen molar-refractivity contribution in [1.29, 1.82) is 0 Å². The molecular weight excluding hydrogens is 260 g/mol. The van der Waals surface area contributed by atoms with E-state index in [4.69, 9.17) is 9.84 Å². The molecule has 0 unspecified atom stereocenters. The molecule has 0 fully saturated rings. The third-order valence-electron chi connectivity index (χ3n) is 2.29. The van der Waals surface area contributed by atoms with Gasteiger partial charge in [0.25, 0.3) is 10.0 Å². The zero-order valence-corrected chi connectivity index (χ0v) is 10.2. The quantitative estimate of drug-likeness (QED) is 0.836. The van der Waals surface area contributed by atoms with Crippen molar-refractivity contribution in [2.24, 2.45) is 4.40 Å². The Morgan fingerprint density at radius 1 is 1.50 bits per heavy atom. The van der Waals surface area contributed by atoms with Gasteiger partial charge < -0.3 is 15.2 Å². The number of carboxylic acids is 1. The lowest BCUT2D eigenvalue weighted by molar-refractivity contribution is -0.135. The summed E-state index contributed by atoms with van der Waals surface area (Å²) in [4.78, 5) is 10.5. The predicted octanol–water partition coefficient (Wildman–Crippen LogP) is 0.683. The molecule has 0 aromatic heterocycles. The average molecular weight is 270 g/mol. The molecule has 0 radical (unpaired) electrons. The normalized spacial score (nSPS) is 16.2. The summed E-state index contributed by atoms with van der Waals surface area (Å²) in [6.45, 7) is 0. The number of hydrogen-bond donors (Lipinski definition) is 2. The fourth-order valence-corrected chi connectivity index (χ4v) is 2.70. The van der Waals surface area contributed by atoms with E-state index in [1.165, 1.54) is 19.2 Å². The number of fused-ring (bicyclic) bond motifs is 1. The second-order valence-electron chi connectivity index (χ2n) is 3.57. The molecule has 2 N–H and O–H groups in total. The van der Waals surface area contributed by atoms with Gasteiger partial charge in [-0.1, -0.05) is 0 Å². The summed E-state index contributed by atoms with van der Waals surface area (Å²) in [5.74, 6) is -0.885. The summed E-state index contributed by atoms with van der Waals surface area (Å²) in [7, 11) is -2.47. The average Bonchev–Trinajstić information content (AvgIpc) is 2.27. The number of hydrogen-bond acceptors (Lipinski definition) is 5. The minimum absolute atomic E-state index is 0.0315. The molecule has 0 saturated carbocycles. The SMILES string of the molecule is COc1ccc2c(c1)S(=O)(=O)N=C(CC(=O)O)N2. The van der Waals surface area contributed by atoms with Gasteiger partial charge in [0.1, 0.15) is 22.9 Å². The number of rotatable bonds is 3. The molecule has 0 amide bonds. The van der Waals surface area contributed by atoms with E-state index in [2.05, 4.69) is 9.71 Å². The van der Waals surface area contributed by atoms with Crippen LogP contribution in [-0.2, 0) is 14.8 Å². The van der Waals surface area contributed by atoms with Crippen LogP contribution in [0.1, 0.15) is 6.42 Å². The number of nitrogens with one attached hydrogen (secondary N) is 1. The van der Waals surface area contributed by atoms with Gasteiger partial charge in [0.15, 0.2) is 0 Å². The number of amidine groups is 1. The van der Waals surface area contributed by atoms with Crippen molar-refractivity contribution in [3.8, 4) is 5.75 Å². The summed E-state index contributed by atoms with van der Waals surface area (Å²) in [5, 5.41) is 11.3. The summed E-state index contributed by atoms with van der Waals surface area (Å²) in [5.41, 5.74) is 0.294. The molecular formula is C10H10N2O5S. The minimum atomic E-state index is -3.89. The van der Waals surface area contributed by atoms with Crippen LogP contribution in [0.15, 0.2) is 27.5 Å². The van der Waals surface area contributed by atoms with Crippen LogP contribution in [-0.4, -0.2) is 32.4 Å². The Kier molecular flexibility index (Phi) is 2.95. The van der Waals surface area contributed by atoms with Crippen molar-refractivity contribution in [1.82, 2.24) is 0 Å². The molecule has 1 aromatic rings. The molecule has 96 valence electrons. The molecule has 0 atom stereocenters. The Balaban J connectivity index is 2.48. The molecule has 0 aliphatic carbocycles. The Morgan fingerprint density at radius 2 is 2.22 bits per heavy atom. The lowest BCUT2D eigenvalue weighted by Gasteiger charge is -2.17. The van der Waals surface area contributed by atoms with E-state index < -0.39 is 22.4 Å². The first kappa shape index (κ1) is 12.4. The highest BCUT2D eigenvalue weighted by atomic mass is 32.2. The molecule has 1 aromatic carbocycles. The van der Waals surface area contributed by atoms with Gasteiger partial charge in [0.05, 0.1) is 12.8 Å². The van der Waals surface area contributed by atoms with E-state index in [0.29, 0.717) is 11.4 Å². The van der Waals surface area contributed by atoms with Crippen molar-refractivity contribution in [3.05, 3.63) is 18.2 Å². The van der Waals surface area contributed by atoms with Gasteiger partial charge in [-0.25, -0.2) is 0 Å². The first-order chi connectivity index (χ1) is 8.42. The molecule has 0 bridgehead atoms. The maximum Gasteiger partial charge on any atom is 0.311 e. The third kappa shape index (κ3) is 2.28. The Morgan fingerprint density at radius 3 is 2.83 bits per heavy atom. The number of nitrogens with zero attached hydrogens (tertiary/aromatic N) is 1. The van der Waals surface area contributed by atoms with Crippen LogP contribution in [0.25, 0.3) is 0 Å². The fourth-order valence-electron chi connectivity index (χ4n) is 1.54. The van der Waals surface area contributed by atoms with Crippen LogP contribution in [0, 0.1) is 0 Å². The van der Waals surface area contributed by atoms with Crippen molar-refractivity contribution >= 4 is 27.5 Å². The summed E-state index contributed by atoms with van der Waals surface area (Å²) in [6, 6.07) is 4.41. The van der Waals surface area contributed by atoms with Gasteiger partial charge in [-0.15, -0.1) is 4.40 Å². The van der Waals surface area contributed by atoms with Gasteiger partial charge in [0, 0.05) is 6.07 Å². The predicted molar refractivity (Wildman–Crippen MR) is 63.5 cm³/mol. The number of aliphatic carboxylic acids is 1. The number of carboxylic acid groups (broad SMARTS) is 1. The monoisotopic (exact) mass is 270 g/mol. The van der Waals surface area contributed by atoms with Crippen LogP contribution >= 0.6 is 0 Å². The maximum atomic E-state index is 11.9. The third-order valence-corrected chi connectivity index (χ3v) is 3.65. The Hall–Kier alpha value is -2.09. The molecule has 0 spiro atoms. The second kappa shape index (κ2) is 4.30. The van der Waals surface area contributed by atoms with E-state index in [0.717, 1.165) is 0 Å². The smallest absolute Gasteiger partial charge is 0.311 e. The van der Waals surface area contributed by atoms with E-state index in [1.807, 2.05) is 0 Å². The van der Waals surface area contributed by atoms with E-state index in [-0.39, 0.29) is 10.7 Å². The number of ether oxygens (including phenoxy) is 1. The molecule has 18 heavy (non-hydrogen) atoms. The lowest BCUT2D eigenvalue weighted by Crippen LogP contribution is -2.23. The van der Waals surface area contributed by atoms with Crippen LogP contribution in [0.5, 0.6) is 5.75 Å². The Bertz CT molecular complexity index is 636. The topological polar surface area (TPSA) is 105 Å². The minimum Gasteiger partial charge on any atom is -0.497 e. The number of benzene rings is 1. The van der Waals surface area contributed by atoms with Crippen molar-refractivity contribution in [2.75, 3.05) is 12.4 Å². The number of sulfonamides is 1. The fraction of sp³-hybridized carbons (Fsp3) is 0.200. The highest BCUT2D eigenvalue weighted by Crippen LogP contribution is 2.31. The van der Waals surface area contributed by atoms with Crippen molar-refractivity contribution in [2.45, 2.75) is 11.3 Å². The molecule has 7 nitrogen and oxygen atoms in total. The first-order valence-corrected chi connectivity index (χ1v) is 6.37. The Labute approximate surface area is 103 Å². The molecule has 0 saturated heterocycles. The van der Waals surface area contributed by atoms with E-state index >= 15 is 0 Å². The van der Waals surface area contributed by atoms with E-state index in [1.54, 1.807) is 6.07 Å². The number of carbonyl (C=O) groups is 1. The van der Waals surface area contributed by atoms with Crippen LogP contribution in [0.4, 0.5) is 5.69 Å². The molecule has 1 aliphatic rings. The highest BCUT2D eigenvalue weighted by Gasteiger charge is 2.26. The van der Waals surface area contributed by atoms with Gasteiger partial charge in [-0.3, -0.25) is 4.79 Å². The molecule has 1 heterocycles. The summed E-state index contributed by atoms with van der Waals surface area (Å²) >= 11 is 0. The van der Waals surface area contributed by atoms with Gasteiger partial charge in [-0.2, -0.15) is 8.42 Å². The largest absolute Gasteiger partial charge is 0.497 e. The standard InChI is InChI=1S/C10H10N2O5S/c1-17-6-2-3-7-8(4-6)18(15,16)12-9(11-7)5-10(13)14/h2-4H,5H2,1H3,(H,11,12)(H,13,14). The highest BCUT2D eigenvalue weighted by molar-refractivity contribution is 7.90. The van der Waals surface area contributed by atoms with Gasteiger partial charge in [-0.05, 0) is 12.1 Å². The summed E-state index contributed by atoms with van der Waals surface area (Å²) in [6.07, 6.45) is -0.481. The molecule has 1 aliphatic heterocycles. The van der Waals surface area contributed by atoms with E-state index in [9.17, 15) is 13.2 Å². The summed E-state index contributed by atoms with van der Waals surface area (Å²) < 4.78 is 32.1. The zero-order chi connectivity index (χ0) is 13.3. The van der Waals surface area contributed by atoms with Crippen LogP contribution < -0.4 is 10.1 Å². The van der Waals surface area contributed by atoms with Crippen molar-refractivity contribution < 1.29 is 23.1 Å². The zero-order valence-electron chi connectivity index (χ0n) is 9.37. The first-order valence-electron chi connectivity index (χ1n) is 4.93. The van der Waals surface area contributed by atoms with Crippen LogP contribution in [0.3, 0.4) is 0 Å². The molecule has 8 heteroatoms. The number of anilines is 1. The maximum absolute atomic E-state index is 11.9. The lowest BCUT2D eigenvalue weighted by atomic mass is 10.3. The van der Waals surface area contributed by atoms with Gasteiger partial charge >= 0.3 is 5.97 Å². The number of methoxy groups -OCH3 is 1. The van der Waals surface area contributed by atoms with Crippen molar-refractivity contribution in [3.63, 3.8) is 0 Å². The molecule has 2 rings (SSSR count). The second-order valence-corrected chi connectivity index (χ2v) is 5.14. The van der Waals surface area contributed by atoms with Gasteiger partial charge in [0.2, 0.25) is 0 Å².